The van der Waals surface area contributed by atoms with Crippen molar-refractivity contribution in [2.45, 2.75) is 13.5 Å². The van der Waals surface area contributed by atoms with Crippen LogP contribution in [0.5, 0.6) is 0 Å². The Balaban J connectivity index is 1.81. The number of carboxylic acids is 1. The van der Waals surface area contributed by atoms with Gasteiger partial charge in [0.25, 0.3) is 0 Å². The Morgan fingerprint density at radius 2 is 2.26 bits per heavy atom. The highest BCUT2D eigenvalue weighted by Crippen LogP contribution is 2.25. The zero-order valence-corrected chi connectivity index (χ0v) is 11.1. The molecule has 1 N–H and O–H groups in total. The van der Waals surface area contributed by atoms with E-state index < -0.39 is 11.9 Å². The maximum absolute atomic E-state index is 12.1. The third-order valence-electron chi connectivity index (χ3n) is 3.58. The zero-order valence-electron chi connectivity index (χ0n) is 11.1. The largest absolute Gasteiger partial charge is 0.481 e. The Kier molecular flexibility index (Phi) is 3.78. The van der Waals surface area contributed by atoms with Gasteiger partial charge in [0.1, 0.15) is 5.76 Å². The molecule has 0 aromatic carbocycles. The van der Waals surface area contributed by atoms with Crippen molar-refractivity contribution in [2.75, 3.05) is 20.1 Å². The van der Waals surface area contributed by atoms with Gasteiger partial charge in [0.15, 0.2) is 0 Å². The molecule has 104 valence electrons. The van der Waals surface area contributed by atoms with Crippen LogP contribution < -0.4 is 0 Å². The molecule has 1 atom stereocenters. The van der Waals surface area contributed by atoms with Crippen LogP contribution in [0.3, 0.4) is 0 Å². The SMILES string of the molecule is CC(C(=O)O)C1CN(C(=O)N(C)Cc2ccco2)C1. The Morgan fingerprint density at radius 1 is 1.58 bits per heavy atom. The number of carbonyl (C=O) groups excluding carboxylic acids is 1. The molecule has 2 heterocycles. The van der Waals surface area contributed by atoms with Crippen LogP contribution in [0.25, 0.3) is 0 Å². The summed E-state index contributed by atoms with van der Waals surface area (Å²) in [5, 5.41) is 8.90. The number of likely N-dealkylation sites (tertiary alicyclic amines) is 1. The van der Waals surface area contributed by atoms with Gasteiger partial charge in [0, 0.05) is 26.1 Å². The third kappa shape index (κ3) is 2.89. The normalized spacial score (nSPS) is 16.8. The summed E-state index contributed by atoms with van der Waals surface area (Å²) in [6.07, 6.45) is 1.57. The lowest BCUT2D eigenvalue weighted by Crippen LogP contribution is -2.56. The van der Waals surface area contributed by atoms with E-state index in [2.05, 4.69) is 0 Å². The molecule has 1 fully saturated rings. The molecule has 1 aliphatic heterocycles. The van der Waals surface area contributed by atoms with Gasteiger partial charge >= 0.3 is 12.0 Å². The van der Waals surface area contributed by atoms with Crippen molar-refractivity contribution >= 4 is 12.0 Å². The first-order valence-electron chi connectivity index (χ1n) is 6.24. The monoisotopic (exact) mass is 266 g/mol. The minimum absolute atomic E-state index is 0.0541. The Morgan fingerprint density at radius 3 is 2.79 bits per heavy atom. The fourth-order valence-corrected chi connectivity index (χ4v) is 2.13. The van der Waals surface area contributed by atoms with Gasteiger partial charge in [-0.05, 0) is 12.1 Å². The molecule has 2 rings (SSSR count). The van der Waals surface area contributed by atoms with Gasteiger partial charge in [-0.3, -0.25) is 4.79 Å². The second kappa shape index (κ2) is 5.34. The van der Waals surface area contributed by atoms with Crippen LogP contribution in [0, 0.1) is 11.8 Å². The third-order valence-corrected chi connectivity index (χ3v) is 3.58. The summed E-state index contributed by atoms with van der Waals surface area (Å²) in [6, 6.07) is 3.50. The van der Waals surface area contributed by atoms with Crippen LogP contribution in [0.4, 0.5) is 4.79 Å². The molecule has 1 unspecified atom stereocenters. The number of furan rings is 1. The summed E-state index contributed by atoms with van der Waals surface area (Å²) in [5.41, 5.74) is 0. The minimum atomic E-state index is -0.805. The van der Waals surface area contributed by atoms with E-state index >= 15 is 0 Å². The van der Waals surface area contributed by atoms with Crippen molar-refractivity contribution in [1.29, 1.82) is 0 Å². The lowest BCUT2D eigenvalue weighted by Gasteiger charge is -2.42. The summed E-state index contributed by atoms with van der Waals surface area (Å²) < 4.78 is 5.19. The van der Waals surface area contributed by atoms with Gasteiger partial charge in [-0.15, -0.1) is 0 Å². The van der Waals surface area contributed by atoms with E-state index in [-0.39, 0.29) is 11.9 Å². The molecule has 19 heavy (non-hydrogen) atoms. The van der Waals surface area contributed by atoms with Crippen LogP contribution >= 0.6 is 0 Å². The van der Waals surface area contributed by atoms with Crippen molar-refractivity contribution in [3.63, 3.8) is 0 Å². The van der Waals surface area contributed by atoms with Gasteiger partial charge in [0.2, 0.25) is 0 Å². The molecule has 1 saturated heterocycles. The molecule has 0 aliphatic carbocycles. The fraction of sp³-hybridized carbons (Fsp3) is 0.538. The van der Waals surface area contributed by atoms with Crippen molar-refractivity contribution in [1.82, 2.24) is 9.80 Å². The first kappa shape index (κ1) is 13.5. The number of aliphatic carboxylic acids is 1. The highest BCUT2D eigenvalue weighted by Gasteiger charge is 2.38. The van der Waals surface area contributed by atoms with E-state index in [1.165, 1.54) is 0 Å². The number of hydrogen-bond acceptors (Lipinski definition) is 3. The topological polar surface area (TPSA) is 74.0 Å². The molecule has 1 aliphatic rings. The molecule has 6 heteroatoms. The molecule has 0 spiro atoms. The molecule has 1 aromatic heterocycles. The van der Waals surface area contributed by atoms with Gasteiger partial charge in [-0.2, -0.15) is 0 Å². The second-order valence-corrected chi connectivity index (χ2v) is 5.01. The Bertz CT molecular complexity index is 451. The van der Waals surface area contributed by atoms with Gasteiger partial charge in [-0.25, -0.2) is 4.79 Å². The smallest absolute Gasteiger partial charge is 0.320 e. The number of amides is 2. The summed E-state index contributed by atoms with van der Waals surface area (Å²) in [5.74, 6) is -0.425. The fourth-order valence-electron chi connectivity index (χ4n) is 2.13. The quantitative estimate of drug-likeness (QED) is 0.895. The molecule has 1 aromatic rings. The van der Waals surface area contributed by atoms with Crippen LogP contribution in [0.15, 0.2) is 22.8 Å². The van der Waals surface area contributed by atoms with E-state index in [4.69, 9.17) is 9.52 Å². The lowest BCUT2D eigenvalue weighted by molar-refractivity contribution is -0.144. The van der Waals surface area contributed by atoms with Crippen molar-refractivity contribution < 1.29 is 19.1 Å². The number of hydrogen-bond donors (Lipinski definition) is 1. The number of nitrogens with zero attached hydrogens (tertiary/aromatic N) is 2. The molecule has 0 bridgehead atoms. The number of urea groups is 1. The standard InChI is InChI=1S/C13H18N2O4/c1-9(12(16)17)10-6-15(7-10)13(18)14(2)8-11-4-3-5-19-11/h3-5,9-10H,6-8H2,1-2H3,(H,16,17). The number of carbonyl (C=O) groups is 2. The summed E-state index contributed by atoms with van der Waals surface area (Å²) in [7, 11) is 1.71. The minimum Gasteiger partial charge on any atom is -0.481 e. The van der Waals surface area contributed by atoms with E-state index in [0.717, 1.165) is 5.76 Å². The molecule has 2 amide bonds. The summed E-state index contributed by atoms with van der Waals surface area (Å²) >= 11 is 0. The number of carboxylic acid groups (broad SMARTS) is 1. The van der Waals surface area contributed by atoms with Crippen molar-refractivity contribution in [3.8, 4) is 0 Å². The first-order chi connectivity index (χ1) is 8.99. The van der Waals surface area contributed by atoms with Crippen molar-refractivity contribution in [3.05, 3.63) is 24.2 Å². The predicted molar refractivity (Wildman–Crippen MR) is 67.4 cm³/mol. The van der Waals surface area contributed by atoms with Gasteiger partial charge in [-0.1, -0.05) is 6.92 Å². The Labute approximate surface area is 111 Å². The lowest BCUT2D eigenvalue weighted by atomic mass is 9.87. The summed E-state index contributed by atoms with van der Waals surface area (Å²) in [4.78, 5) is 26.1. The molecule has 0 radical (unpaired) electrons. The molecular weight excluding hydrogens is 248 g/mol. The van der Waals surface area contributed by atoms with Crippen molar-refractivity contribution in [2.24, 2.45) is 11.8 Å². The maximum atomic E-state index is 12.1. The van der Waals surface area contributed by atoms with E-state index in [9.17, 15) is 9.59 Å². The summed E-state index contributed by atoms with van der Waals surface area (Å²) in [6.45, 7) is 3.12. The average molecular weight is 266 g/mol. The second-order valence-electron chi connectivity index (χ2n) is 5.01. The van der Waals surface area contributed by atoms with Crippen LogP contribution in [-0.2, 0) is 11.3 Å². The van der Waals surface area contributed by atoms with Gasteiger partial charge < -0.3 is 19.3 Å². The van der Waals surface area contributed by atoms with E-state index in [1.807, 2.05) is 6.07 Å². The van der Waals surface area contributed by atoms with Gasteiger partial charge in [0.05, 0.1) is 18.7 Å². The van der Waals surface area contributed by atoms with Crippen LogP contribution in [0.2, 0.25) is 0 Å². The van der Waals surface area contributed by atoms with Crippen LogP contribution in [0.1, 0.15) is 12.7 Å². The number of rotatable bonds is 4. The predicted octanol–water partition coefficient (Wildman–Crippen LogP) is 1.48. The average Bonchev–Trinajstić information content (AvgIpc) is 2.79. The molecular formula is C13H18N2O4. The highest BCUT2D eigenvalue weighted by atomic mass is 16.4. The Hall–Kier alpha value is -1.98. The molecule has 6 nitrogen and oxygen atoms in total. The zero-order chi connectivity index (χ0) is 14.0. The highest BCUT2D eigenvalue weighted by molar-refractivity contribution is 5.76. The van der Waals surface area contributed by atoms with E-state index in [0.29, 0.717) is 19.6 Å². The maximum Gasteiger partial charge on any atom is 0.320 e. The first-order valence-corrected chi connectivity index (χ1v) is 6.24. The van der Waals surface area contributed by atoms with Crippen LogP contribution in [-0.4, -0.2) is 47.0 Å². The molecule has 0 saturated carbocycles. The van der Waals surface area contributed by atoms with E-state index in [1.54, 1.807) is 36.1 Å².